The molecule has 0 radical (unpaired) electrons. The zero-order valence-corrected chi connectivity index (χ0v) is 16.2. The minimum absolute atomic E-state index is 0.312. The standard InChI is InChI=1S/C23H30N2O2/c1-3-6-20-7-4-5-8-23(20)27-18-22(26)17-24-13-15-25(16-14-24)21-11-9-19(2)10-12-21/h3-5,7-12,22,26H,1,6,13-18H2,2H3/t22-/m0/s1. The molecular weight excluding hydrogens is 336 g/mol. The van der Waals surface area contributed by atoms with Gasteiger partial charge in [-0.3, -0.25) is 4.90 Å². The van der Waals surface area contributed by atoms with Crippen molar-refractivity contribution in [3.8, 4) is 5.75 Å². The molecule has 0 spiro atoms. The first-order chi connectivity index (χ1) is 13.2. The zero-order valence-electron chi connectivity index (χ0n) is 16.2. The third-order valence-corrected chi connectivity index (χ3v) is 5.01. The first kappa shape index (κ1) is 19.5. The Kier molecular flexibility index (Phi) is 6.91. The first-order valence-corrected chi connectivity index (χ1v) is 9.69. The minimum Gasteiger partial charge on any atom is -0.491 e. The maximum atomic E-state index is 10.4. The maximum absolute atomic E-state index is 10.4. The second-order valence-corrected chi connectivity index (χ2v) is 7.19. The Morgan fingerprint density at radius 1 is 1.07 bits per heavy atom. The molecule has 1 saturated heterocycles. The number of aliphatic hydroxyl groups is 1. The van der Waals surface area contributed by atoms with Crippen molar-refractivity contribution in [2.75, 3.05) is 44.2 Å². The SMILES string of the molecule is C=CCc1ccccc1OC[C@@H](O)CN1CCN(c2ccc(C)cc2)CC1. The molecule has 27 heavy (non-hydrogen) atoms. The van der Waals surface area contributed by atoms with E-state index >= 15 is 0 Å². The summed E-state index contributed by atoms with van der Waals surface area (Å²) in [6.45, 7) is 10.7. The van der Waals surface area contributed by atoms with E-state index in [0.717, 1.165) is 43.9 Å². The van der Waals surface area contributed by atoms with E-state index in [9.17, 15) is 5.11 Å². The Bertz CT molecular complexity index is 721. The lowest BCUT2D eigenvalue weighted by molar-refractivity contribution is 0.0660. The van der Waals surface area contributed by atoms with Gasteiger partial charge >= 0.3 is 0 Å². The summed E-state index contributed by atoms with van der Waals surface area (Å²) in [5.74, 6) is 0.834. The van der Waals surface area contributed by atoms with Gasteiger partial charge < -0.3 is 14.7 Å². The van der Waals surface area contributed by atoms with E-state index in [2.05, 4.69) is 47.6 Å². The molecule has 1 N–H and O–H groups in total. The molecule has 1 fully saturated rings. The molecule has 0 unspecified atom stereocenters. The largest absolute Gasteiger partial charge is 0.491 e. The van der Waals surface area contributed by atoms with Crippen molar-refractivity contribution in [2.24, 2.45) is 0 Å². The van der Waals surface area contributed by atoms with Gasteiger partial charge in [0.15, 0.2) is 0 Å². The maximum Gasteiger partial charge on any atom is 0.122 e. The molecule has 4 heteroatoms. The van der Waals surface area contributed by atoms with Crippen LogP contribution in [0.15, 0.2) is 61.2 Å². The van der Waals surface area contributed by atoms with Crippen molar-refractivity contribution < 1.29 is 9.84 Å². The summed E-state index contributed by atoms with van der Waals surface area (Å²) in [5, 5.41) is 10.4. The highest BCUT2D eigenvalue weighted by Crippen LogP contribution is 2.20. The van der Waals surface area contributed by atoms with E-state index in [1.54, 1.807) is 0 Å². The van der Waals surface area contributed by atoms with Crippen molar-refractivity contribution in [1.29, 1.82) is 0 Å². The van der Waals surface area contributed by atoms with Gasteiger partial charge in [0, 0.05) is 38.4 Å². The lowest BCUT2D eigenvalue weighted by atomic mass is 10.1. The Morgan fingerprint density at radius 2 is 1.78 bits per heavy atom. The topological polar surface area (TPSA) is 35.9 Å². The van der Waals surface area contributed by atoms with E-state index in [0.29, 0.717) is 13.2 Å². The van der Waals surface area contributed by atoms with Crippen LogP contribution in [0.3, 0.4) is 0 Å². The number of hydrogen-bond donors (Lipinski definition) is 1. The van der Waals surface area contributed by atoms with Crippen molar-refractivity contribution in [3.05, 3.63) is 72.3 Å². The van der Waals surface area contributed by atoms with E-state index < -0.39 is 6.10 Å². The van der Waals surface area contributed by atoms with Gasteiger partial charge in [0.05, 0.1) is 0 Å². The molecule has 0 bridgehead atoms. The fourth-order valence-corrected chi connectivity index (χ4v) is 3.45. The van der Waals surface area contributed by atoms with Crippen molar-refractivity contribution in [1.82, 2.24) is 4.90 Å². The number of aliphatic hydroxyl groups excluding tert-OH is 1. The Labute approximate surface area is 162 Å². The average Bonchev–Trinajstić information content (AvgIpc) is 2.69. The molecule has 0 amide bonds. The molecule has 1 aliphatic rings. The summed E-state index contributed by atoms with van der Waals surface area (Å²) >= 11 is 0. The zero-order chi connectivity index (χ0) is 19.1. The normalized spacial score (nSPS) is 16.1. The van der Waals surface area contributed by atoms with Gasteiger partial charge in [0.1, 0.15) is 18.5 Å². The van der Waals surface area contributed by atoms with E-state index in [-0.39, 0.29) is 0 Å². The molecule has 2 aromatic carbocycles. The smallest absolute Gasteiger partial charge is 0.122 e. The molecule has 2 aromatic rings. The summed E-state index contributed by atoms with van der Waals surface area (Å²) in [7, 11) is 0. The number of β-amino-alcohol motifs (C(OH)–C–C–N with tert-alkyl or cyclic N) is 1. The van der Waals surface area contributed by atoms with Crippen molar-refractivity contribution >= 4 is 5.69 Å². The van der Waals surface area contributed by atoms with Gasteiger partial charge in [0.2, 0.25) is 0 Å². The van der Waals surface area contributed by atoms with E-state index in [1.807, 2.05) is 30.3 Å². The highest BCUT2D eigenvalue weighted by molar-refractivity contribution is 5.47. The Morgan fingerprint density at radius 3 is 2.48 bits per heavy atom. The molecule has 1 aliphatic heterocycles. The molecule has 0 saturated carbocycles. The molecule has 4 nitrogen and oxygen atoms in total. The van der Waals surface area contributed by atoms with Gasteiger partial charge in [-0.25, -0.2) is 0 Å². The molecule has 0 aromatic heterocycles. The molecule has 0 aliphatic carbocycles. The third kappa shape index (κ3) is 5.59. The Hall–Kier alpha value is -2.30. The fraction of sp³-hybridized carbons (Fsp3) is 0.391. The molecule has 144 valence electrons. The monoisotopic (exact) mass is 366 g/mol. The van der Waals surface area contributed by atoms with Crippen LogP contribution in [0.4, 0.5) is 5.69 Å². The second-order valence-electron chi connectivity index (χ2n) is 7.19. The number of piperazine rings is 1. The van der Waals surface area contributed by atoms with Crippen LogP contribution in [0.25, 0.3) is 0 Å². The van der Waals surface area contributed by atoms with Gasteiger partial charge in [-0.15, -0.1) is 6.58 Å². The van der Waals surface area contributed by atoms with Crippen LogP contribution >= 0.6 is 0 Å². The highest BCUT2D eigenvalue weighted by Gasteiger charge is 2.20. The highest BCUT2D eigenvalue weighted by atomic mass is 16.5. The summed E-state index contributed by atoms with van der Waals surface area (Å²) in [5.41, 5.74) is 3.67. The number of nitrogens with zero attached hydrogens (tertiary/aromatic N) is 2. The van der Waals surface area contributed by atoms with Crippen LogP contribution in [0, 0.1) is 6.92 Å². The quantitative estimate of drug-likeness (QED) is 0.728. The summed E-state index contributed by atoms with van der Waals surface area (Å²) in [6.07, 6.45) is 2.15. The van der Waals surface area contributed by atoms with Gasteiger partial charge in [-0.2, -0.15) is 0 Å². The summed E-state index contributed by atoms with van der Waals surface area (Å²) in [6, 6.07) is 16.6. The van der Waals surface area contributed by atoms with Crippen molar-refractivity contribution in [3.63, 3.8) is 0 Å². The molecule has 1 heterocycles. The van der Waals surface area contributed by atoms with E-state index in [1.165, 1.54) is 11.3 Å². The number of allylic oxidation sites excluding steroid dienone is 1. The van der Waals surface area contributed by atoms with Gasteiger partial charge in [-0.05, 0) is 37.1 Å². The lowest BCUT2D eigenvalue weighted by Gasteiger charge is -2.37. The molecule has 1 atom stereocenters. The third-order valence-electron chi connectivity index (χ3n) is 5.01. The van der Waals surface area contributed by atoms with Crippen LogP contribution in [0.2, 0.25) is 0 Å². The number of aryl methyl sites for hydroxylation is 1. The number of ether oxygens (including phenoxy) is 1. The molecule has 3 rings (SSSR count). The number of anilines is 1. The summed E-state index contributed by atoms with van der Waals surface area (Å²) in [4.78, 5) is 4.72. The van der Waals surface area contributed by atoms with E-state index in [4.69, 9.17) is 4.74 Å². The average molecular weight is 367 g/mol. The van der Waals surface area contributed by atoms with Crippen molar-refractivity contribution in [2.45, 2.75) is 19.4 Å². The van der Waals surface area contributed by atoms with Crippen LogP contribution < -0.4 is 9.64 Å². The summed E-state index contributed by atoms with van der Waals surface area (Å²) < 4.78 is 5.86. The van der Waals surface area contributed by atoms with Gasteiger partial charge in [-0.1, -0.05) is 42.0 Å². The number of hydrogen-bond acceptors (Lipinski definition) is 4. The second kappa shape index (κ2) is 9.58. The fourth-order valence-electron chi connectivity index (χ4n) is 3.45. The lowest BCUT2D eigenvalue weighted by Crippen LogP contribution is -2.49. The van der Waals surface area contributed by atoms with Gasteiger partial charge in [0.25, 0.3) is 0 Å². The number of benzene rings is 2. The van der Waals surface area contributed by atoms with Crippen LogP contribution in [-0.4, -0.2) is 55.4 Å². The van der Waals surface area contributed by atoms with Crippen LogP contribution in [0.5, 0.6) is 5.75 Å². The Balaban J connectivity index is 1.44. The number of para-hydroxylation sites is 1. The molecular formula is C23H30N2O2. The minimum atomic E-state index is -0.493. The predicted molar refractivity (Wildman–Crippen MR) is 112 cm³/mol. The predicted octanol–water partition coefficient (Wildman–Crippen LogP) is 3.29. The van der Waals surface area contributed by atoms with Crippen LogP contribution in [0.1, 0.15) is 11.1 Å². The number of rotatable bonds is 8. The van der Waals surface area contributed by atoms with Crippen LogP contribution in [-0.2, 0) is 6.42 Å². The first-order valence-electron chi connectivity index (χ1n) is 9.69.